The van der Waals surface area contributed by atoms with E-state index < -0.39 is 66.2 Å². The molecule has 0 bridgehead atoms. The van der Waals surface area contributed by atoms with Gasteiger partial charge in [0.2, 0.25) is 5.76 Å². The minimum atomic E-state index is -7.67. The molecule has 1 aromatic carbocycles. The molecule has 0 aliphatic heterocycles. The van der Waals surface area contributed by atoms with Crippen LogP contribution in [0.5, 0.6) is 0 Å². The molecule has 1 heterocycles. The maximum absolute atomic E-state index is 14.5. The Balaban J connectivity index is 2.64. The maximum Gasteiger partial charge on any atom is 0.460 e. The molecule has 0 spiro atoms. The number of benzene rings is 1. The highest BCUT2D eigenvalue weighted by atomic mass is 19.4. The zero-order valence-corrected chi connectivity index (χ0v) is 16.1. The number of hydrogen-bond donors (Lipinski definition) is 0. The van der Waals surface area contributed by atoms with Crippen LogP contribution >= 0.6 is 0 Å². The van der Waals surface area contributed by atoms with Crippen LogP contribution in [-0.4, -0.2) is 41.5 Å². The molecule has 2 rings (SSSR count). The molecule has 0 atom stereocenters. The van der Waals surface area contributed by atoms with Crippen LogP contribution in [0.4, 0.5) is 48.3 Å². The lowest BCUT2D eigenvalue weighted by Gasteiger charge is -2.36. The summed E-state index contributed by atoms with van der Waals surface area (Å²) in [5.74, 6) is -34.7. The first-order chi connectivity index (χ1) is 14.9. The summed E-state index contributed by atoms with van der Waals surface area (Å²) >= 11 is 0. The number of alkyl halides is 11. The number of halogens is 11. The molecule has 184 valence electrons. The number of esters is 1. The second-order valence-electron chi connectivity index (χ2n) is 6.46. The fraction of sp³-hybridized carbons (Fsp3) is 0.444. The number of ether oxygens (including phenoxy) is 1. The summed E-state index contributed by atoms with van der Waals surface area (Å²) in [6.07, 6.45) is -7.89. The molecule has 0 amide bonds. The van der Waals surface area contributed by atoms with E-state index in [2.05, 4.69) is 14.1 Å². The smallest absolute Gasteiger partial charge is 0.460 e. The first-order valence-electron chi connectivity index (χ1n) is 8.71. The van der Waals surface area contributed by atoms with E-state index in [4.69, 9.17) is 0 Å². The summed E-state index contributed by atoms with van der Waals surface area (Å²) in [6, 6.07) is 7.12. The Morgan fingerprint density at radius 2 is 1.42 bits per heavy atom. The van der Waals surface area contributed by atoms with Crippen molar-refractivity contribution in [1.82, 2.24) is 4.98 Å². The lowest BCUT2D eigenvalue weighted by atomic mass is 9.96. The van der Waals surface area contributed by atoms with Crippen LogP contribution in [0.15, 0.2) is 34.7 Å². The molecule has 0 aliphatic carbocycles. The average molecular weight is 499 g/mol. The van der Waals surface area contributed by atoms with Gasteiger partial charge in [-0.1, -0.05) is 30.3 Å². The van der Waals surface area contributed by atoms with Gasteiger partial charge in [0.05, 0.1) is 6.61 Å². The van der Waals surface area contributed by atoms with Gasteiger partial charge in [-0.2, -0.15) is 48.3 Å². The molecule has 15 heteroatoms. The maximum atomic E-state index is 14.5. The van der Waals surface area contributed by atoms with E-state index in [0.717, 1.165) is 6.92 Å². The summed E-state index contributed by atoms with van der Waals surface area (Å²) in [6.45, 7) is 0.580. The first kappa shape index (κ1) is 26.4. The number of carbonyl (C=O) groups is 1. The number of hydrogen-bond acceptors (Lipinski definition) is 4. The average Bonchev–Trinajstić information content (AvgIpc) is 3.12. The Bertz CT molecular complexity index is 984. The largest absolute Gasteiger partial charge is 0.461 e. The van der Waals surface area contributed by atoms with E-state index in [1.54, 1.807) is 0 Å². The molecule has 0 aliphatic rings. The quantitative estimate of drug-likeness (QED) is 0.330. The fourth-order valence-corrected chi connectivity index (χ4v) is 2.48. The molecule has 0 saturated carbocycles. The van der Waals surface area contributed by atoms with Crippen molar-refractivity contribution in [3.63, 3.8) is 0 Å². The third-order valence-electron chi connectivity index (χ3n) is 4.16. The van der Waals surface area contributed by atoms with Crippen molar-refractivity contribution < 1.29 is 62.2 Å². The highest BCUT2D eigenvalue weighted by Crippen LogP contribution is 2.60. The SMILES string of the molecule is CCOC(=O)c1nc(Cc2ccccc2)oc1C(F)(F)C(F)(F)C(F)(F)C(F)(F)C(F)(F)F. The highest BCUT2D eigenvalue weighted by molar-refractivity contribution is 5.88. The molecule has 4 nitrogen and oxygen atoms in total. The van der Waals surface area contributed by atoms with E-state index in [9.17, 15) is 53.1 Å². The van der Waals surface area contributed by atoms with Gasteiger partial charge in [0.15, 0.2) is 11.6 Å². The molecular formula is C18H12F11NO3. The van der Waals surface area contributed by atoms with Crippen molar-refractivity contribution in [2.45, 2.75) is 43.2 Å². The molecule has 0 radical (unpaired) electrons. The topological polar surface area (TPSA) is 52.3 Å². The second-order valence-corrected chi connectivity index (χ2v) is 6.46. The minimum Gasteiger partial charge on any atom is -0.461 e. The van der Waals surface area contributed by atoms with E-state index in [-0.39, 0.29) is 5.56 Å². The van der Waals surface area contributed by atoms with Crippen LogP contribution < -0.4 is 0 Å². The number of carbonyl (C=O) groups excluding carboxylic acids is 1. The summed E-state index contributed by atoms with van der Waals surface area (Å²) in [5.41, 5.74) is -1.55. The van der Waals surface area contributed by atoms with Crippen LogP contribution in [0.25, 0.3) is 0 Å². The van der Waals surface area contributed by atoms with Gasteiger partial charge in [-0.25, -0.2) is 9.78 Å². The van der Waals surface area contributed by atoms with Crippen LogP contribution in [0.3, 0.4) is 0 Å². The van der Waals surface area contributed by atoms with Crippen LogP contribution in [0, 0.1) is 0 Å². The monoisotopic (exact) mass is 499 g/mol. The lowest BCUT2D eigenvalue weighted by molar-refractivity contribution is -0.426. The first-order valence-corrected chi connectivity index (χ1v) is 8.71. The van der Waals surface area contributed by atoms with Crippen LogP contribution in [0.1, 0.15) is 34.6 Å². The zero-order valence-electron chi connectivity index (χ0n) is 16.1. The highest BCUT2D eigenvalue weighted by Gasteiger charge is 2.88. The Labute approximate surface area is 177 Å². The Kier molecular flexibility index (Phi) is 6.78. The van der Waals surface area contributed by atoms with Gasteiger partial charge in [0.25, 0.3) is 0 Å². The molecule has 1 aromatic heterocycles. The van der Waals surface area contributed by atoms with Gasteiger partial charge in [-0.15, -0.1) is 0 Å². The standard InChI is InChI=1S/C18H12F11NO3/c1-2-32-13(31)11-12(33-10(30-11)8-9-6-4-3-5-7-9)14(19,20)15(21,22)16(23,24)17(25,26)18(27,28)29/h3-7H,2,8H2,1H3. The van der Waals surface area contributed by atoms with Gasteiger partial charge in [-0.3, -0.25) is 0 Å². The van der Waals surface area contributed by atoms with Crippen molar-refractivity contribution in [2.24, 2.45) is 0 Å². The zero-order chi connectivity index (χ0) is 25.5. The summed E-state index contributed by atoms with van der Waals surface area (Å²) < 4.78 is 156. The lowest BCUT2D eigenvalue weighted by Crippen LogP contribution is -2.65. The van der Waals surface area contributed by atoms with Gasteiger partial charge < -0.3 is 9.15 Å². The van der Waals surface area contributed by atoms with Crippen molar-refractivity contribution in [3.05, 3.63) is 53.2 Å². The van der Waals surface area contributed by atoms with Crippen molar-refractivity contribution in [2.75, 3.05) is 6.61 Å². The van der Waals surface area contributed by atoms with E-state index in [0.29, 0.717) is 0 Å². The van der Waals surface area contributed by atoms with Gasteiger partial charge >= 0.3 is 35.8 Å². The van der Waals surface area contributed by atoms with E-state index in [1.807, 2.05) is 0 Å². The molecular weight excluding hydrogens is 487 g/mol. The predicted molar refractivity (Wildman–Crippen MR) is 86.5 cm³/mol. The second kappa shape index (κ2) is 8.48. The molecule has 33 heavy (non-hydrogen) atoms. The minimum absolute atomic E-state index is 0.240. The van der Waals surface area contributed by atoms with Gasteiger partial charge in [0.1, 0.15) is 0 Å². The Hall–Kier alpha value is -2.87. The van der Waals surface area contributed by atoms with E-state index in [1.165, 1.54) is 30.3 Å². The summed E-state index contributed by atoms with van der Waals surface area (Å²) in [4.78, 5) is 15.1. The van der Waals surface area contributed by atoms with Crippen LogP contribution in [0.2, 0.25) is 0 Å². The molecule has 0 N–H and O–H groups in total. The summed E-state index contributed by atoms with van der Waals surface area (Å²) in [7, 11) is 0. The number of aromatic nitrogens is 1. The van der Waals surface area contributed by atoms with Gasteiger partial charge in [-0.05, 0) is 12.5 Å². The Morgan fingerprint density at radius 1 is 0.879 bits per heavy atom. The van der Waals surface area contributed by atoms with Crippen molar-refractivity contribution in [3.8, 4) is 0 Å². The molecule has 0 saturated heterocycles. The van der Waals surface area contributed by atoms with E-state index >= 15 is 0 Å². The number of nitrogens with zero attached hydrogens (tertiary/aromatic N) is 1. The third kappa shape index (κ3) is 4.36. The van der Waals surface area contributed by atoms with Crippen molar-refractivity contribution in [1.29, 1.82) is 0 Å². The summed E-state index contributed by atoms with van der Waals surface area (Å²) in [5, 5.41) is 0. The molecule has 2 aromatic rings. The van der Waals surface area contributed by atoms with Crippen LogP contribution in [-0.2, 0) is 17.1 Å². The number of oxazole rings is 1. The molecule has 0 fully saturated rings. The van der Waals surface area contributed by atoms with Gasteiger partial charge in [0, 0.05) is 6.42 Å². The van der Waals surface area contributed by atoms with Crippen molar-refractivity contribution >= 4 is 5.97 Å². The third-order valence-corrected chi connectivity index (χ3v) is 4.16. The normalized spacial score (nSPS) is 13.8. The predicted octanol–water partition coefficient (Wildman–Crippen LogP) is 6.00. The number of rotatable bonds is 8. The Morgan fingerprint density at radius 3 is 1.91 bits per heavy atom. The molecule has 0 unspecified atom stereocenters. The fourth-order valence-electron chi connectivity index (χ4n) is 2.48.